The summed E-state index contributed by atoms with van der Waals surface area (Å²) in [5, 5.41) is 13.2. The first-order chi connectivity index (χ1) is 10.5. The fraction of sp³-hybridized carbons (Fsp3) is 0.188. The van der Waals surface area contributed by atoms with Crippen molar-refractivity contribution < 1.29 is 14.7 Å². The van der Waals surface area contributed by atoms with Crippen LogP contribution in [0.3, 0.4) is 0 Å². The molecule has 1 atom stereocenters. The van der Waals surface area contributed by atoms with E-state index in [9.17, 15) is 9.59 Å². The first kappa shape index (κ1) is 14.1. The molecule has 0 saturated heterocycles. The number of amides is 1. The van der Waals surface area contributed by atoms with Gasteiger partial charge in [-0.1, -0.05) is 18.2 Å². The minimum absolute atomic E-state index is 0.211. The quantitative estimate of drug-likeness (QED) is 0.691. The van der Waals surface area contributed by atoms with Crippen molar-refractivity contribution in [3.8, 4) is 0 Å². The minimum atomic E-state index is -1.08. The van der Waals surface area contributed by atoms with Gasteiger partial charge in [-0.2, -0.15) is 0 Å². The molecule has 6 nitrogen and oxygen atoms in total. The van der Waals surface area contributed by atoms with Crippen LogP contribution in [0.15, 0.2) is 30.3 Å². The number of aromatic amines is 1. The summed E-state index contributed by atoms with van der Waals surface area (Å²) in [7, 11) is 0. The molecule has 1 aromatic carbocycles. The van der Waals surface area contributed by atoms with Gasteiger partial charge in [0.2, 0.25) is 0 Å². The van der Waals surface area contributed by atoms with E-state index in [0.717, 1.165) is 21.8 Å². The Labute approximate surface area is 126 Å². The number of H-pyrrole nitrogens is 1. The Bertz CT molecular complexity index is 898. The Kier molecular flexibility index (Phi) is 3.29. The number of nitrogens with zero attached hydrogens (tertiary/aromatic N) is 1. The van der Waals surface area contributed by atoms with Crippen LogP contribution in [-0.4, -0.2) is 33.0 Å². The summed E-state index contributed by atoms with van der Waals surface area (Å²) in [5.41, 5.74) is 2.76. The van der Waals surface area contributed by atoms with Crippen LogP contribution in [0, 0.1) is 6.92 Å². The highest BCUT2D eigenvalue weighted by Gasteiger charge is 2.18. The van der Waals surface area contributed by atoms with Crippen LogP contribution in [0.25, 0.3) is 21.8 Å². The first-order valence-corrected chi connectivity index (χ1v) is 6.89. The maximum atomic E-state index is 12.2. The lowest BCUT2D eigenvalue weighted by atomic mass is 10.1. The molecule has 0 saturated carbocycles. The number of pyridine rings is 1. The molecule has 3 aromatic rings. The van der Waals surface area contributed by atoms with E-state index < -0.39 is 17.9 Å². The lowest BCUT2D eigenvalue weighted by molar-refractivity contribution is -0.138. The number of carbonyl (C=O) groups is 2. The SMILES string of the molecule is Cc1nc(C(=O)NC(C)C(=O)O)cc2c1[nH]c1ccccc12. The Balaban J connectivity index is 2.10. The lowest BCUT2D eigenvalue weighted by Crippen LogP contribution is -2.38. The molecule has 0 aliphatic carbocycles. The molecule has 0 bridgehead atoms. The number of fused-ring (bicyclic) bond motifs is 3. The van der Waals surface area contributed by atoms with E-state index in [-0.39, 0.29) is 5.69 Å². The number of aryl methyl sites for hydroxylation is 1. The molecule has 0 fully saturated rings. The molecular weight excluding hydrogens is 282 g/mol. The number of para-hydroxylation sites is 1. The summed E-state index contributed by atoms with van der Waals surface area (Å²) in [6.45, 7) is 3.23. The number of aromatic nitrogens is 2. The van der Waals surface area contributed by atoms with Gasteiger partial charge in [-0.3, -0.25) is 9.59 Å². The van der Waals surface area contributed by atoms with Gasteiger partial charge in [-0.25, -0.2) is 4.98 Å². The number of nitrogens with one attached hydrogen (secondary N) is 2. The summed E-state index contributed by atoms with van der Waals surface area (Å²) < 4.78 is 0. The average molecular weight is 297 g/mol. The molecule has 0 radical (unpaired) electrons. The number of carboxylic acid groups (broad SMARTS) is 1. The lowest BCUT2D eigenvalue weighted by Gasteiger charge is -2.09. The minimum Gasteiger partial charge on any atom is -0.480 e. The molecule has 2 aromatic heterocycles. The highest BCUT2D eigenvalue weighted by atomic mass is 16.4. The number of benzene rings is 1. The molecule has 1 unspecified atom stereocenters. The molecule has 22 heavy (non-hydrogen) atoms. The zero-order valence-electron chi connectivity index (χ0n) is 12.2. The van der Waals surface area contributed by atoms with Crippen LogP contribution >= 0.6 is 0 Å². The standard InChI is InChI=1S/C16H15N3O3/c1-8-14-11(10-5-3-4-6-12(10)19-14)7-13(17-8)15(20)18-9(2)16(21)22/h3-7,9,19H,1-2H3,(H,18,20)(H,21,22). The van der Waals surface area contributed by atoms with Gasteiger partial charge in [-0.05, 0) is 26.0 Å². The van der Waals surface area contributed by atoms with Crippen LogP contribution in [0.5, 0.6) is 0 Å². The third-order valence-electron chi connectivity index (χ3n) is 3.63. The largest absolute Gasteiger partial charge is 0.480 e. The highest BCUT2D eigenvalue weighted by molar-refractivity contribution is 6.10. The maximum absolute atomic E-state index is 12.2. The Morgan fingerprint density at radius 2 is 2.00 bits per heavy atom. The van der Waals surface area contributed by atoms with Crippen LogP contribution < -0.4 is 5.32 Å². The third-order valence-corrected chi connectivity index (χ3v) is 3.63. The molecule has 0 aliphatic heterocycles. The van der Waals surface area contributed by atoms with Crippen molar-refractivity contribution in [2.45, 2.75) is 19.9 Å². The van der Waals surface area contributed by atoms with Gasteiger partial charge in [0, 0.05) is 16.3 Å². The van der Waals surface area contributed by atoms with Crippen LogP contribution in [0.4, 0.5) is 0 Å². The summed E-state index contributed by atoms with van der Waals surface area (Å²) in [6, 6.07) is 8.51. The summed E-state index contributed by atoms with van der Waals surface area (Å²) >= 11 is 0. The van der Waals surface area contributed by atoms with Gasteiger partial charge in [0.1, 0.15) is 11.7 Å². The molecule has 0 aliphatic rings. The van der Waals surface area contributed by atoms with Crippen molar-refractivity contribution in [2.75, 3.05) is 0 Å². The third kappa shape index (κ3) is 2.28. The number of carbonyl (C=O) groups excluding carboxylic acids is 1. The normalized spacial score (nSPS) is 12.5. The van der Waals surface area contributed by atoms with E-state index >= 15 is 0 Å². The van der Waals surface area contributed by atoms with Crippen LogP contribution in [-0.2, 0) is 4.79 Å². The molecule has 2 heterocycles. The van der Waals surface area contributed by atoms with Crippen molar-refractivity contribution >= 4 is 33.7 Å². The predicted octanol–water partition coefficient (Wildman–Crippen LogP) is 2.23. The first-order valence-electron chi connectivity index (χ1n) is 6.89. The van der Waals surface area contributed by atoms with Gasteiger partial charge in [0.05, 0.1) is 11.2 Å². The highest BCUT2D eigenvalue weighted by Crippen LogP contribution is 2.27. The Morgan fingerprint density at radius 3 is 2.73 bits per heavy atom. The topological polar surface area (TPSA) is 95.1 Å². The average Bonchev–Trinajstić information content (AvgIpc) is 2.86. The second-order valence-corrected chi connectivity index (χ2v) is 5.22. The monoisotopic (exact) mass is 297 g/mol. The van der Waals surface area contributed by atoms with Gasteiger partial charge < -0.3 is 15.4 Å². The van der Waals surface area contributed by atoms with E-state index in [1.165, 1.54) is 6.92 Å². The smallest absolute Gasteiger partial charge is 0.325 e. The van der Waals surface area contributed by atoms with Gasteiger partial charge in [0.25, 0.3) is 5.91 Å². The number of carboxylic acids is 1. The van der Waals surface area contributed by atoms with E-state index in [0.29, 0.717) is 5.69 Å². The zero-order valence-corrected chi connectivity index (χ0v) is 12.2. The van der Waals surface area contributed by atoms with Gasteiger partial charge >= 0.3 is 5.97 Å². The van der Waals surface area contributed by atoms with Gasteiger partial charge in [0.15, 0.2) is 0 Å². The molecule has 3 rings (SSSR count). The fourth-order valence-electron chi connectivity index (χ4n) is 2.45. The molecule has 1 amide bonds. The van der Waals surface area contributed by atoms with E-state index in [1.54, 1.807) is 6.07 Å². The van der Waals surface area contributed by atoms with Crippen molar-refractivity contribution in [3.63, 3.8) is 0 Å². The maximum Gasteiger partial charge on any atom is 0.325 e. The van der Waals surface area contributed by atoms with E-state index in [1.807, 2.05) is 31.2 Å². The van der Waals surface area contributed by atoms with Crippen LogP contribution in [0.2, 0.25) is 0 Å². The molecular formula is C16H15N3O3. The molecule has 6 heteroatoms. The van der Waals surface area contributed by atoms with Crippen LogP contribution in [0.1, 0.15) is 23.1 Å². The second kappa shape index (κ2) is 5.14. The van der Waals surface area contributed by atoms with Crippen molar-refractivity contribution in [1.29, 1.82) is 0 Å². The predicted molar refractivity (Wildman–Crippen MR) is 82.9 cm³/mol. The van der Waals surface area contributed by atoms with E-state index in [4.69, 9.17) is 5.11 Å². The van der Waals surface area contributed by atoms with Crippen molar-refractivity contribution in [2.24, 2.45) is 0 Å². The summed E-state index contributed by atoms with van der Waals surface area (Å²) in [4.78, 5) is 30.6. The Hall–Kier alpha value is -2.89. The molecule has 112 valence electrons. The second-order valence-electron chi connectivity index (χ2n) is 5.22. The fourth-order valence-corrected chi connectivity index (χ4v) is 2.45. The number of hydrogen-bond donors (Lipinski definition) is 3. The zero-order chi connectivity index (χ0) is 15.9. The summed E-state index contributed by atoms with van der Waals surface area (Å²) in [5.74, 6) is -1.58. The molecule has 3 N–H and O–H groups in total. The number of hydrogen-bond acceptors (Lipinski definition) is 3. The van der Waals surface area contributed by atoms with Gasteiger partial charge in [-0.15, -0.1) is 0 Å². The van der Waals surface area contributed by atoms with Crippen molar-refractivity contribution in [1.82, 2.24) is 15.3 Å². The Morgan fingerprint density at radius 1 is 1.27 bits per heavy atom. The number of aliphatic carboxylic acids is 1. The summed E-state index contributed by atoms with van der Waals surface area (Å²) in [6.07, 6.45) is 0. The molecule has 0 spiro atoms. The number of rotatable bonds is 3. The van der Waals surface area contributed by atoms with E-state index in [2.05, 4.69) is 15.3 Å². The van der Waals surface area contributed by atoms with Crippen molar-refractivity contribution in [3.05, 3.63) is 41.7 Å².